The number of ether oxygens (including phenoxy) is 5. The molecule has 0 spiro atoms. The molecule has 2 aliphatic heterocycles. The van der Waals surface area contributed by atoms with Crippen LogP contribution in [0, 0.1) is 12.3 Å². The van der Waals surface area contributed by atoms with Gasteiger partial charge in [0.25, 0.3) is 0 Å². The smallest absolute Gasteiger partial charge is 0.226 e. The molecule has 2 aliphatic rings. The van der Waals surface area contributed by atoms with Crippen LogP contribution in [0.25, 0.3) is 11.0 Å². The molecule has 226 valence electrons. The van der Waals surface area contributed by atoms with Gasteiger partial charge in [-0.15, -0.1) is 6.42 Å². The summed E-state index contributed by atoms with van der Waals surface area (Å²) in [7, 11) is 0. The van der Waals surface area contributed by atoms with Crippen LogP contribution in [0.3, 0.4) is 0 Å². The van der Waals surface area contributed by atoms with Gasteiger partial charge in [-0.2, -0.15) is 15.1 Å². The first-order chi connectivity index (χ1) is 19.9. The van der Waals surface area contributed by atoms with E-state index in [4.69, 9.17) is 41.7 Å². The average molecular weight is 599 g/mol. The lowest BCUT2D eigenvalue weighted by atomic mass is 10.1. The summed E-state index contributed by atoms with van der Waals surface area (Å²) < 4.78 is 28.2. The van der Waals surface area contributed by atoms with E-state index in [1.54, 1.807) is 0 Å². The molecule has 2 aromatic heterocycles. The summed E-state index contributed by atoms with van der Waals surface area (Å²) in [6, 6.07) is -0.0814. The van der Waals surface area contributed by atoms with Crippen LogP contribution in [0.1, 0.15) is 12.6 Å². The number of carbonyl (C=O) groups is 1. The fourth-order valence-electron chi connectivity index (χ4n) is 4.39. The van der Waals surface area contributed by atoms with Crippen LogP contribution in [0.15, 0.2) is 6.20 Å². The minimum Gasteiger partial charge on any atom is -0.394 e. The van der Waals surface area contributed by atoms with Gasteiger partial charge in [0.15, 0.2) is 11.9 Å². The van der Waals surface area contributed by atoms with E-state index in [9.17, 15) is 20.1 Å². The van der Waals surface area contributed by atoms with Crippen molar-refractivity contribution in [3.05, 3.63) is 11.5 Å². The van der Waals surface area contributed by atoms with Gasteiger partial charge >= 0.3 is 0 Å². The number of nitrogens with zero attached hydrogens (tertiary/aromatic N) is 5. The SMILES string of the molecule is C#CCOCCOCCOCCOCCC(=O)NC1CN(c2nc(Cl)nc3c2cnn3[C@@H]2OC(CO)[C@@H](O)[C@H]2O)C1. The van der Waals surface area contributed by atoms with Gasteiger partial charge in [0.2, 0.25) is 11.2 Å². The van der Waals surface area contributed by atoms with Crippen LogP contribution >= 0.6 is 11.6 Å². The number of hydrogen-bond donors (Lipinski definition) is 4. The summed E-state index contributed by atoms with van der Waals surface area (Å²) in [5.74, 6) is 2.78. The molecular weight excluding hydrogens is 564 g/mol. The number of aromatic nitrogens is 4. The molecule has 1 unspecified atom stereocenters. The highest BCUT2D eigenvalue weighted by molar-refractivity contribution is 6.28. The second-order valence-electron chi connectivity index (χ2n) is 9.38. The maximum absolute atomic E-state index is 12.3. The van der Waals surface area contributed by atoms with Gasteiger partial charge in [-0.1, -0.05) is 5.92 Å². The minimum absolute atomic E-state index is 0.0344. The van der Waals surface area contributed by atoms with Gasteiger partial charge in [0, 0.05) is 19.5 Å². The molecule has 4 rings (SSSR count). The molecule has 0 radical (unpaired) electrons. The van der Waals surface area contributed by atoms with Crippen LogP contribution in [0.4, 0.5) is 5.82 Å². The van der Waals surface area contributed by atoms with Crippen molar-refractivity contribution >= 4 is 34.4 Å². The summed E-state index contributed by atoms with van der Waals surface area (Å²) in [5.41, 5.74) is 0.307. The molecular formula is C25H35ClN6O9. The zero-order chi connectivity index (χ0) is 29.2. The van der Waals surface area contributed by atoms with Crippen molar-refractivity contribution < 1.29 is 43.8 Å². The van der Waals surface area contributed by atoms with E-state index < -0.39 is 31.1 Å². The second kappa shape index (κ2) is 15.5. The number of halogens is 1. The summed E-state index contributed by atoms with van der Waals surface area (Å²) >= 11 is 6.18. The van der Waals surface area contributed by atoms with E-state index in [-0.39, 0.29) is 36.9 Å². The second-order valence-corrected chi connectivity index (χ2v) is 9.72. The largest absolute Gasteiger partial charge is 0.394 e. The van der Waals surface area contributed by atoms with Crippen LogP contribution in [0.2, 0.25) is 5.28 Å². The molecule has 4 N–H and O–H groups in total. The van der Waals surface area contributed by atoms with Crippen LogP contribution in [-0.2, 0) is 28.5 Å². The third-order valence-corrected chi connectivity index (χ3v) is 6.65. The molecule has 1 amide bonds. The molecule has 0 aliphatic carbocycles. The first-order valence-electron chi connectivity index (χ1n) is 13.2. The number of rotatable bonds is 17. The number of aliphatic hydroxyl groups is 3. The number of hydrogen-bond acceptors (Lipinski definition) is 13. The van der Waals surface area contributed by atoms with Crippen molar-refractivity contribution in [1.29, 1.82) is 0 Å². The fourth-order valence-corrected chi connectivity index (χ4v) is 4.55. The first kappa shape index (κ1) is 31.3. The van der Waals surface area contributed by atoms with Crippen molar-refractivity contribution in [3.63, 3.8) is 0 Å². The molecule has 4 heterocycles. The number of carbonyl (C=O) groups excluding carboxylic acids is 1. The minimum atomic E-state index is -1.32. The predicted octanol–water partition coefficient (Wildman–Crippen LogP) is -1.51. The number of anilines is 1. The summed E-state index contributed by atoms with van der Waals surface area (Å²) in [6.07, 6.45) is 2.22. The zero-order valence-corrected chi connectivity index (χ0v) is 23.2. The molecule has 41 heavy (non-hydrogen) atoms. The van der Waals surface area contributed by atoms with Gasteiger partial charge < -0.3 is 49.2 Å². The molecule has 15 nitrogen and oxygen atoms in total. The number of fused-ring (bicyclic) bond motifs is 1. The summed E-state index contributed by atoms with van der Waals surface area (Å²) in [4.78, 5) is 22.8. The van der Waals surface area contributed by atoms with Gasteiger partial charge in [0.1, 0.15) is 30.7 Å². The average Bonchev–Trinajstić information content (AvgIpc) is 3.48. The lowest BCUT2D eigenvalue weighted by Crippen LogP contribution is -2.59. The Balaban J connectivity index is 1.14. The normalized spacial score (nSPS) is 22.7. The van der Waals surface area contributed by atoms with Gasteiger partial charge in [-0.05, 0) is 11.6 Å². The van der Waals surface area contributed by atoms with Crippen molar-refractivity contribution in [2.75, 3.05) is 77.5 Å². The predicted molar refractivity (Wildman–Crippen MR) is 144 cm³/mol. The third-order valence-electron chi connectivity index (χ3n) is 6.49. The van der Waals surface area contributed by atoms with E-state index >= 15 is 0 Å². The summed E-state index contributed by atoms with van der Waals surface area (Å²) in [6.45, 7) is 3.64. The Morgan fingerprint density at radius 2 is 1.73 bits per heavy atom. The summed E-state index contributed by atoms with van der Waals surface area (Å²) in [5, 5.41) is 37.6. The highest BCUT2D eigenvalue weighted by Gasteiger charge is 2.44. The molecule has 0 bridgehead atoms. The molecule has 2 aromatic rings. The van der Waals surface area contributed by atoms with Gasteiger partial charge in [-0.25, -0.2) is 4.68 Å². The van der Waals surface area contributed by atoms with E-state index in [2.05, 4.69) is 26.3 Å². The lowest BCUT2D eigenvalue weighted by molar-refractivity contribution is -0.123. The zero-order valence-electron chi connectivity index (χ0n) is 22.4. The highest BCUT2D eigenvalue weighted by Crippen LogP contribution is 2.34. The first-order valence-corrected chi connectivity index (χ1v) is 13.6. The standard InChI is InChI=1S/C25H35ClN6O9/c1-2-4-37-6-8-39-10-11-40-9-7-38-5-3-19(34)28-16-13-31(14-16)22-17-12-27-32(23(17)30-25(26)29-22)24-21(36)20(35)18(15-33)41-24/h1,12,16,18,20-21,24,33,35-36H,3-11,13-15H2,(H,28,34)/t18?,20-,21-,24-/m1/s1. The maximum atomic E-state index is 12.3. The number of amides is 1. The third kappa shape index (κ3) is 8.22. The Bertz CT molecular complexity index is 1170. The highest BCUT2D eigenvalue weighted by atomic mass is 35.5. The molecule has 16 heteroatoms. The topological polar surface area (TPSA) is 183 Å². The van der Waals surface area contributed by atoms with Crippen molar-refractivity contribution in [3.8, 4) is 12.3 Å². The van der Waals surface area contributed by atoms with Crippen molar-refractivity contribution in [2.45, 2.75) is 37.0 Å². The Morgan fingerprint density at radius 3 is 2.37 bits per heavy atom. The van der Waals surface area contributed by atoms with Crippen LogP contribution in [0.5, 0.6) is 0 Å². The Kier molecular flexibility index (Phi) is 11.9. The number of aliphatic hydroxyl groups excluding tert-OH is 3. The number of terminal acetylenes is 1. The molecule has 0 aromatic carbocycles. The van der Waals surface area contributed by atoms with E-state index in [0.717, 1.165) is 0 Å². The van der Waals surface area contributed by atoms with E-state index in [0.29, 0.717) is 69.6 Å². The van der Waals surface area contributed by atoms with Crippen molar-refractivity contribution in [1.82, 2.24) is 25.1 Å². The Morgan fingerprint density at radius 1 is 1.07 bits per heavy atom. The molecule has 2 saturated heterocycles. The molecule has 2 fully saturated rings. The van der Waals surface area contributed by atoms with E-state index in [1.165, 1.54) is 10.9 Å². The monoisotopic (exact) mass is 598 g/mol. The van der Waals surface area contributed by atoms with Gasteiger partial charge in [-0.3, -0.25) is 4.79 Å². The fraction of sp³-hybridized carbons (Fsp3) is 0.680. The number of nitrogens with one attached hydrogen (secondary N) is 1. The van der Waals surface area contributed by atoms with E-state index in [1.807, 2.05) is 4.90 Å². The van der Waals surface area contributed by atoms with Gasteiger partial charge in [0.05, 0.1) is 70.5 Å². The lowest BCUT2D eigenvalue weighted by Gasteiger charge is -2.40. The molecule has 4 atom stereocenters. The maximum Gasteiger partial charge on any atom is 0.226 e. The molecule has 0 saturated carbocycles. The quantitative estimate of drug-likeness (QED) is 0.0937. The van der Waals surface area contributed by atoms with Crippen molar-refractivity contribution in [2.24, 2.45) is 0 Å². The van der Waals surface area contributed by atoms with Crippen LogP contribution < -0.4 is 10.2 Å². The van der Waals surface area contributed by atoms with Crippen LogP contribution in [-0.4, -0.2) is 138 Å². The Labute approximate surface area is 241 Å². The Hall–Kier alpha value is -2.65.